The van der Waals surface area contributed by atoms with Gasteiger partial charge in [0.2, 0.25) is 0 Å². The van der Waals surface area contributed by atoms with Gasteiger partial charge in [0.1, 0.15) is 5.82 Å². The Kier molecular flexibility index (Phi) is 3.26. The summed E-state index contributed by atoms with van der Waals surface area (Å²) in [5.41, 5.74) is 0.814. The van der Waals surface area contributed by atoms with Crippen LogP contribution >= 0.6 is 11.6 Å². The maximum atomic E-state index is 13.2. The Bertz CT molecular complexity index is 689. The number of carboxylic acids is 1. The van der Waals surface area contributed by atoms with Crippen LogP contribution in [0.2, 0.25) is 5.02 Å². The molecule has 1 unspecified atom stereocenters. The Morgan fingerprint density at radius 1 is 1.35 bits per heavy atom. The second-order valence-electron chi connectivity index (χ2n) is 5.03. The van der Waals surface area contributed by atoms with E-state index in [1.807, 2.05) is 17.0 Å². The van der Waals surface area contributed by atoms with E-state index in [-0.39, 0.29) is 11.7 Å². The van der Waals surface area contributed by atoms with E-state index >= 15 is 0 Å². The van der Waals surface area contributed by atoms with Gasteiger partial charge < -0.3 is 10.0 Å². The van der Waals surface area contributed by atoms with E-state index in [1.165, 1.54) is 12.1 Å². The summed E-state index contributed by atoms with van der Waals surface area (Å²) < 4.78 is 13.2. The van der Waals surface area contributed by atoms with Crippen molar-refractivity contribution in [2.75, 3.05) is 18.0 Å². The Hall–Kier alpha value is -1.81. The number of rotatable bonds is 2. The predicted octanol–water partition coefficient (Wildman–Crippen LogP) is 3.54. The summed E-state index contributed by atoms with van der Waals surface area (Å²) in [5, 5.41) is 11.1. The molecular weight excluding hydrogens is 281 g/mol. The molecule has 20 heavy (non-hydrogen) atoms. The lowest BCUT2D eigenvalue weighted by molar-refractivity contribution is -0.140. The average Bonchev–Trinajstić information content (AvgIpc) is 2.88. The summed E-state index contributed by atoms with van der Waals surface area (Å²) in [5.74, 6) is -1.42. The fourth-order valence-corrected chi connectivity index (χ4v) is 3.03. The molecule has 0 amide bonds. The third-order valence-electron chi connectivity index (χ3n) is 3.77. The molecule has 1 aliphatic heterocycles. The molecule has 1 aliphatic rings. The summed E-state index contributed by atoms with van der Waals surface area (Å²) >= 11 is 6.39. The van der Waals surface area contributed by atoms with Gasteiger partial charge in [-0.15, -0.1) is 0 Å². The molecule has 5 heteroatoms. The molecule has 0 spiro atoms. The normalized spacial score (nSPS) is 18.7. The summed E-state index contributed by atoms with van der Waals surface area (Å²) in [6.45, 7) is 1.13. The standard InChI is InChI=1S/C15H13ClFNO2/c16-14-12-3-2-11(17)7-9(12)1-4-13(14)18-6-5-10(8-18)15(19)20/h1-4,7,10H,5-6,8H2,(H,19,20). The smallest absolute Gasteiger partial charge is 0.308 e. The minimum Gasteiger partial charge on any atom is -0.481 e. The van der Waals surface area contributed by atoms with E-state index in [4.69, 9.17) is 16.7 Å². The van der Waals surface area contributed by atoms with Gasteiger partial charge in [0.25, 0.3) is 0 Å². The number of halogens is 2. The number of hydrogen-bond donors (Lipinski definition) is 1. The molecule has 3 rings (SSSR count). The Morgan fingerprint density at radius 3 is 2.85 bits per heavy atom. The van der Waals surface area contributed by atoms with Gasteiger partial charge in [-0.1, -0.05) is 17.7 Å². The van der Waals surface area contributed by atoms with Gasteiger partial charge in [-0.25, -0.2) is 4.39 Å². The van der Waals surface area contributed by atoms with E-state index in [1.54, 1.807) is 6.07 Å². The number of benzene rings is 2. The number of carboxylic acid groups (broad SMARTS) is 1. The van der Waals surface area contributed by atoms with E-state index in [9.17, 15) is 9.18 Å². The second kappa shape index (κ2) is 4.94. The molecule has 1 N–H and O–H groups in total. The fourth-order valence-electron chi connectivity index (χ4n) is 2.68. The van der Waals surface area contributed by atoms with Crippen molar-refractivity contribution in [2.45, 2.75) is 6.42 Å². The van der Waals surface area contributed by atoms with Crippen LogP contribution in [0.5, 0.6) is 0 Å². The largest absolute Gasteiger partial charge is 0.481 e. The molecule has 0 bridgehead atoms. The zero-order chi connectivity index (χ0) is 14.3. The van der Waals surface area contributed by atoms with Gasteiger partial charge in [-0.2, -0.15) is 0 Å². The molecular formula is C15H13ClFNO2. The van der Waals surface area contributed by atoms with Crippen molar-refractivity contribution < 1.29 is 14.3 Å². The van der Waals surface area contributed by atoms with Crippen molar-refractivity contribution in [1.82, 2.24) is 0 Å². The number of anilines is 1. The molecule has 3 nitrogen and oxygen atoms in total. The molecule has 2 aromatic carbocycles. The molecule has 0 aliphatic carbocycles. The Labute approximate surface area is 120 Å². The Morgan fingerprint density at radius 2 is 2.15 bits per heavy atom. The summed E-state index contributed by atoms with van der Waals surface area (Å²) in [6, 6.07) is 8.11. The van der Waals surface area contributed by atoms with Crippen molar-refractivity contribution in [3.63, 3.8) is 0 Å². The highest BCUT2D eigenvalue weighted by Gasteiger charge is 2.29. The number of aliphatic carboxylic acids is 1. The van der Waals surface area contributed by atoms with Gasteiger partial charge in [0.05, 0.1) is 16.6 Å². The van der Waals surface area contributed by atoms with Gasteiger partial charge in [0, 0.05) is 18.5 Å². The van der Waals surface area contributed by atoms with Gasteiger partial charge in [0.15, 0.2) is 0 Å². The average molecular weight is 294 g/mol. The highest BCUT2D eigenvalue weighted by atomic mass is 35.5. The fraction of sp³-hybridized carbons (Fsp3) is 0.267. The van der Waals surface area contributed by atoms with Crippen LogP contribution in [0.15, 0.2) is 30.3 Å². The minimum absolute atomic E-state index is 0.298. The number of nitrogens with zero attached hydrogens (tertiary/aromatic N) is 1. The van der Waals surface area contributed by atoms with Crippen LogP contribution in [-0.2, 0) is 4.79 Å². The molecule has 0 radical (unpaired) electrons. The van der Waals surface area contributed by atoms with Gasteiger partial charge in [-0.05, 0) is 36.1 Å². The maximum Gasteiger partial charge on any atom is 0.308 e. The predicted molar refractivity (Wildman–Crippen MR) is 76.9 cm³/mol. The molecule has 1 heterocycles. The quantitative estimate of drug-likeness (QED) is 0.920. The van der Waals surface area contributed by atoms with E-state index in [2.05, 4.69) is 0 Å². The molecule has 2 aromatic rings. The molecule has 1 fully saturated rings. The first-order valence-corrected chi connectivity index (χ1v) is 6.79. The molecule has 1 atom stereocenters. The van der Waals surface area contributed by atoms with Crippen LogP contribution in [0.25, 0.3) is 10.8 Å². The van der Waals surface area contributed by atoms with Gasteiger partial charge >= 0.3 is 5.97 Å². The maximum absolute atomic E-state index is 13.2. The van der Waals surface area contributed by atoms with E-state index < -0.39 is 5.97 Å². The first-order chi connectivity index (χ1) is 9.56. The van der Waals surface area contributed by atoms with Crippen LogP contribution in [0.1, 0.15) is 6.42 Å². The minimum atomic E-state index is -0.772. The number of hydrogen-bond acceptors (Lipinski definition) is 2. The summed E-state index contributed by atoms with van der Waals surface area (Å²) in [7, 11) is 0. The van der Waals surface area contributed by atoms with Crippen LogP contribution < -0.4 is 4.90 Å². The van der Waals surface area contributed by atoms with Gasteiger partial charge in [-0.3, -0.25) is 4.79 Å². The zero-order valence-electron chi connectivity index (χ0n) is 10.6. The molecule has 1 saturated heterocycles. The molecule has 0 aromatic heterocycles. The van der Waals surface area contributed by atoms with Crippen molar-refractivity contribution >= 4 is 34.0 Å². The highest BCUT2D eigenvalue weighted by molar-refractivity contribution is 6.38. The van der Waals surface area contributed by atoms with Crippen LogP contribution in [0, 0.1) is 11.7 Å². The number of fused-ring (bicyclic) bond motifs is 1. The van der Waals surface area contributed by atoms with Crippen molar-refractivity contribution in [2.24, 2.45) is 5.92 Å². The lowest BCUT2D eigenvalue weighted by atomic mass is 10.1. The van der Waals surface area contributed by atoms with Crippen molar-refractivity contribution in [3.05, 3.63) is 41.2 Å². The van der Waals surface area contributed by atoms with Crippen LogP contribution in [-0.4, -0.2) is 24.2 Å². The topological polar surface area (TPSA) is 40.5 Å². The lowest BCUT2D eigenvalue weighted by Gasteiger charge is -2.20. The van der Waals surface area contributed by atoms with E-state index in [0.717, 1.165) is 16.5 Å². The van der Waals surface area contributed by atoms with Crippen LogP contribution in [0.3, 0.4) is 0 Å². The SMILES string of the molecule is O=C(O)C1CCN(c2ccc3cc(F)ccc3c2Cl)C1. The second-order valence-corrected chi connectivity index (χ2v) is 5.41. The van der Waals surface area contributed by atoms with E-state index in [0.29, 0.717) is 24.5 Å². The zero-order valence-corrected chi connectivity index (χ0v) is 11.4. The van der Waals surface area contributed by atoms with Crippen molar-refractivity contribution in [3.8, 4) is 0 Å². The van der Waals surface area contributed by atoms with Crippen molar-refractivity contribution in [1.29, 1.82) is 0 Å². The van der Waals surface area contributed by atoms with Crippen LogP contribution in [0.4, 0.5) is 10.1 Å². The highest BCUT2D eigenvalue weighted by Crippen LogP contribution is 2.36. The summed E-state index contributed by atoms with van der Waals surface area (Å²) in [6.07, 6.45) is 0.618. The Balaban J connectivity index is 1.99. The third-order valence-corrected chi connectivity index (χ3v) is 4.17. The third kappa shape index (κ3) is 2.20. The molecule has 0 saturated carbocycles. The lowest BCUT2D eigenvalue weighted by Crippen LogP contribution is -2.22. The summed E-state index contributed by atoms with van der Waals surface area (Å²) in [4.78, 5) is 13.0. The first kappa shape index (κ1) is 13.2. The monoisotopic (exact) mass is 293 g/mol. The molecule has 104 valence electrons. The number of carbonyl (C=O) groups is 1. The first-order valence-electron chi connectivity index (χ1n) is 6.42.